The number of hydrogen-bond donors (Lipinski definition) is 2. The van der Waals surface area contributed by atoms with Crippen molar-refractivity contribution in [3.8, 4) is 5.75 Å². The first-order valence-electron chi connectivity index (χ1n) is 9.92. The molecule has 1 aliphatic heterocycles. The summed E-state index contributed by atoms with van der Waals surface area (Å²) in [6.45, 7) is 0.300. The smallest absolute Gasteiger partial charge is 0.340 e. The molecule has 0 spiro atoms. The van der Waals surface area contributed by atoms with Crippen LogP contribution in [0.3, 0.4) is 0 Å². The van der Waals surface area contributed by atoms with Crippen LogP contribution in [0.4, 0.5) is 11.4 Å². The number of sulfonamides is 1. The summed E-state index contributed by atoms with van der Waals surface area (Å²) in [5.74, 6) is -1.22. The second-order valence-corrected chi connectivity index (χ2v) is 9.56. The molecule has 3 N–H and O–H groups in total. The summed E-state index contributed by atoms with van der Waals surface area (Å²) < 4.78 is 37.5. The van der Waals surface area contributed by atoms with Gasteiger partial charge in [-0.3, -0.25) is 4.79 Å². The minimum atomic E-state index is -3.70. The van der Waals surface area contributed by atoms with Crippen LogP contribution < -0.4 is 15.8 Å². The molecule has 1 saturated heterocycles. The Kier molecular flexibility index (Phi) is 7.60. The number of nitrogens with two attached hydrogens (primary N) is 1. The molecule has 1 fully saturated rings. The Bertz CT molecular complexity index is 1120. The lowest BCUT2D eigenvalue weighted by molar-refractivity contribution is -0.119. The van der Waals surface area contributed by atoms with Crippen molar-refractivity contribution in [3.05, 3.63) is 47.0 Å². The molecule has 0 aromatic heterocycles. The summed E-state index contributed by atoms with van der Waals surface area (Å²) in [6, 6.07) is 8.55. The SMILES string of the molecule is COc1ccc(S(=O)(=O)N2CCCCC2)cc1NC(=O)COC(=O)c1cc(Cl)ccc1N. The molecule has 3 rings (SSSR count). The second-order valence-electron chi connectivity index (χ2n) is 7.18. The highest BCUT2D eigenvalue weighted by Gasteiger charge is 2.27. The van der Waals surface area contributed by atoms with E-state index in [9.17, 15) is 18.0 Å². The van der Waals surface area contributed by atoms with Crippen molar-refractivity contribution >= 4 is 44.9 Å². The zero-order valence-electron chi connectivity index (χ0n) is 17.5. The predicted octanol–water partition coefficient (Wildman–Crippen LogP) is 2.90. The van der Waals surface area contributed by atoms with Crippen LogP contribution >= 0.6 is 11.6 Å². The van der Waals surface area contributed by atoms with Gasteiger partial charge in [0.1, 0.15) is 5.75 Å². The van der Waals surface area contributed by atoms with E-state index in [0.29, 0.717) is 18.1 Å². The fourth-order valence-electron chi connectivity index (χ4n) is 3.30. The average Bonchev–Trinajstić information content (AvgIpc) is 2.79. The van der Waals surface area contributed by atoms with Crippen molar-refractivity contribution in [2.45, 2.75) is 24.2 Å². The zero-order chi connectivity index (χ0) is 23.3. The largest absolute Gasteiger partial charge is 0.495 e. The van der Waals surface area contributed by atoms with Gasteiger partial charge in [-0.25, -0.2) is 13.2 Å². The summed E-state index contributed by atoms with van der Waals surface area (Å²) in [6.07, 6.45) is 2.61. The lowest BCUT2D eigenvalue weighted by Crippen LogP contribution is -2.35. The number of anilines is 2. The van der Waals surface area contributed by atoms with Crippen LogP contribution in [0.25, 0.3) is 0 Å². The Hall–Kier alpha value is -2.82. The quantitative estimate of drug-likeness (QED) is 0.459. The Morgan fingerprint density at radius 1 is 1.12 bits per heavy atom. The summed E-state index contributed by atoms with van der Waals surface area (Å²) in [7, 11) is -2.31. The van der Waals surface area contributed by atoms with Gasteiger partial charge in [-0.15, -0.1) is 0 Å². The number of ether oxygens (including phenoxy) is 2. The molecule has 1 aliphatic rings. The molecule has 1 heterocycles. The van der Waals surface area contributed by atoms with Gasteiger partial charge in [0.2, 0.25) is 10.0 Å². The molecule has 0 unspecified atom stereocenters. The van der Waals surface area contributed by atoms with Crippen LogP contribution in [0.2, 0.25) is 5.02 Å². The minimum Gasteiger partial charge on any atom is -0.495 e. The van der Waals surface area contributed by atoms with Gasteiger partial charge in [0, 0.05) is 23.8 Å². The Morgan fingerprint density at radius 3 is 2.53 bits per heavy atom. The van der Waals surface area contributed by atoms with E-state index in [2.05, 4.69) is 5.32 Å². The monoisotopic (exact) mass is 481 g/mol. The number of nitrogens with one attached hydrogen (secondary N) is 1. The van der Waals surface area contributed by atoms with Crippen LogP contribution in [-0.4, -0.2) is 51.4 Å². The van der Waals surface area contributed by atoms with Crippen LogP contribution in [0.15, 0.2) is 41.3 Å². The van der Waals surface area contributed by atoms with Crippen molar-refractivity contribution in [2.75, 3.05) is 37.9 Å². The zero-order valence-corrected chi connectivity index (χ0v) is 19.0. The molecular formula is C21H24ClN3O6S. The number of carbonyl (C=O) groups excluding carboxylic acids is 2. The third-order valence-electron chi connectivity index (χ3n) is 4.97. The summed E-state index contributed by atoms with van der Waals surface area (Å²) in [5.41, 5.74) is 6.09. The number of methoxy groups -OCH3 is 1. The van der Waals surface area contributed by atoms with Crippen molar-refractivity contribution in [1.29, 1.82) is 0 Å². The van der Waals surface area contributed by atoms with E-state index in [1.807, 2.05) is 0 Å². The van der Waals surface area contributed by atoms with E-state index in [4.69, 9.17) is 26.8 Å². The highest BCUT2D eigenvalue weighted by atomic mass is 35.5. The normalized spacial score (nSPS) is 14.6. The first kappa shape index (κ1) is 23.8. The third kappa shape index (κ3) is 5.50. The second kappa shape index (κ2) is 10.2. The molecular weight excluding hydrogens is 458 g/mol. The van der Waals surface area contributed by atoms with Gasteiger partial charge < -0.3 is 20.5 Å². The topological polar surface area (TPSA) is 128 Å². The van der Waals surface area contributed by atoms with Gasteiger partial charge in [0.05, 0.1) is 23.3 Å². The van der Waals surface area contributed by atoms with Gasteiger partial charge in [0.25, 0.3) is 5.91 Å². The Morgan fingerprint density at radius 2 is 1.84 bits per heavy atom. The molecule has 1 amide bonds. The maximum Gasteiger partial charge on any atom is 0.340 e. The first-order chi connectivity index (χ1) is 15.2. The minimum absolute atomic E-state index is 0.0394. The van der Waals surface area contributed by atoms with E-state index in [-0.39, 0.29) is 27.6 Å². The lowest BCUT2D eigenvalue weighted by atomic mass is 10.2. The molecule has 9 nitrogen and oxygen atoms in total. The summed E-state index contributed by atoms with van der Waals surface area (Å²) in [4.78, 5) is 24.6. The number of benzene rings is 2. The fourth-order valence-corrected chi connectivity index (χ4v) is 5.02. The van der Waals surface area contributed by atoms with E-state index < -0.39 is 28.5 Å². The fraction of sp³-hybridized carbons (Fsp3) is 0.333. The number of hydrogen-bond acceptors (Lipinski definition) is 7. The first-order valence-corrected chi connectivity index (χ1v) is 11.7. The van der Waals surface area contributed by atoms with Crippen molar-refractivity contribution < 1.29 is 27.5 Å². The molecule has 2 aromatic rings. The van der Waals surface area contributed by atoms with Gasteiger partial charge >= 0.3 is 5.97 Å². The number of nitrogen functional groups attached to an aromatic ring is 1. The summed E-state index contributed by atoms with van der Waals surface area (Å²) >= 11 is 5.86. The van der Waals surface area contributed by atoms with Crippen molar-refractivity contribution in [2.24, 2.45) is 0 Å². The predicted molar refractivity (Wildman–Crippen MR) is 120 cm³/mol. The number of piperidine rings is 1. The van der Waals surface area contributed by atoms with Gasteiger partial charge in [-0.05, 0) is 49.2 Å². The number of esters is 1. The molecule has 0 radical (unpaired) electrons. The van der Waals surface area contributed by atoms with Crippen LogP contribution in [0.5, 0.6) is 5.75 Å². The molecule has 0 atom stereocenters. The van der Waals surface area contributed by atoms with Crippen molar-refractivity contribution in [3.63, 3.8) is 0 Å². The van der Waals surface area contributed by atoms with Gasteiger partial charge in [-0.1, -0.05) is 18.0 Å². The maximum absolute atomic E-state index is 12.9. The van der Waals surface area contributed by atoms with Gasteiger partial charge in [0.15, 0.2) is 6.61 Å². The number of amides is 1. The Labute approximate surface area is 191 Å². The number of carbonyl (C=O) groups is 2. The number of halogens is 1. The summed E-state index contributed by atoms with van der Waals surface area (Å²) in [5, 5.41) is 2.83. The molecule has 11 heteroatoms. The Balaban J connectivity index is 1.71. The number of rotatable bonds is 7. The third-order valence-corrected chi connectivity index (χ3v) is 7.10. The molecule has 32 heavy (non-hydrogen) atoms. The van der Waals surface area contributed by atoms with Crippen molar-refractivity contribution in [1.82, 2.24) is 4.31 Å². The standard InChI is InChI=1S/C21H24ClN3O6S/c1-30-19-8-6-15(32(28,29)25-9-3-2-4-10-25)12-18(19)24-20(26)13-31-21(27)16-11-14(22)5-7-17(16)23/h5-8,11-12H,2-4,9-10,13,23H2,1H3,(H,24,26). The average molecular weight is 482 g/mol. The van der Waals surface area contributed by atoms with Crippen LogP contribution in [0, 0.1) is 0 Å². The molecule has 0 saturated carbocycles. The highest BCUT2D eigenvalue weighted by Crippen LogP contribution is 2.30. The molecule has 0 bridgehead atoms. The molecule has 2 aromatic carbocycles. The number of nitrogens with zero attached hydrogens (tertiary/aromatic N) is 1. The van der Waals surface area contributed by atoms with E-state index in [1.165, 1.54) is 47.8 Å². The van der Waals surface area contributed by atoms with Crippen LogP contribution in [-0.2, 0) is 19.6 Å². The maximum atomic E-state index is 12.9. The lowest BCUT2D eigenvalue weighted by Gasteiger charge is -2.26. The highest BCUT2D eigenvalue weighted by molar-refractivity contribution is 7.89. The van der Waals surface area contributed by atoms with E-state index in [1.54, 1.807) is 0 Å². The van der Waals surface area contributed by atoms with Crippen LogP contribution in [0.1, 0.15) is 29.6 Å². The van der Waals surface area contributed by atoms with E-state index in [0.717, 1.165) is 19.3 Å². The molecule has 172 valence electrons. The molecule has 0 aliphatic carbocycles. The van der Waals surface area contributed by atoms with Gasteiger partial charge in [-0.2, -0.15) is 4.31 Å². The van der Waals surface area contributed by atoms with E-state index >= 15 is 0 Å².